The average Bonchev–Trinajstić information content (AvgIpc) is 3.23. The minimum absolute atomic E-state index is 0.0497. The summed E-state index contributed by atoms with van der Waals surface area (Å²) in [5.41, 5.74) is 1.33. The van der Waals surface area contributed by atoms with E-state index in [2.05, 4.69) is 0 Å². The molecule has 0 spiro atoms. The highest BCUT2D eigenvalue weighted by molar-refractivity contribution is 7.11. The summed E-state index contributed by atoms with van der Waals surface area (Å²) in [6.45, 7) is 0. The quantitative estimate of drug-likeness (QED) is 0.605. The normalized spacial score (nSPS) is 19.0. The lowest BCUT2D eigenvalue weighted by Crippen LogP contribution is -2.23. The molecule has 1 aliphatic rings. The fourth-order valence-electron chi connectivity index (χ4n) is 2.54. The lowest BCUT2D eigenvalue weighted by molar-refractivity contribution is 0.0965. The number of benzene rings is 1. The molecule has 2 nitrogen and oxygen atoms in total. The number of hydrogen-bond acceptors (Lipinski definition) is 4. The molecular formula is C18H12O2S2. The number of hydrogen-bond donors (Lipinski definition) is 0. The Morgan fingerprint density at radius 3 is 2.55 bits per heavy atom. The maximum atomic E-state index is 12.9. The molecule has 22 heavy (non-hydrogen) atoms. The van der Waals surface area contributed by atoms with Crippen LogP contribution in [0.25, 0.3) is 6.08 Å². The fourth-order valence-corrected chi connectivity index (χ4v) is 3.98. The van der Waals surface area contributed by atoms with Crippen LogP contribution in [-0.2, 0) is 0 Å². The van der Waals surface area contributed by atoms with E-state index in [9.17, 15) is 4.79 Å². The standard InChI is InChI=1S/C18H12O2S2/c19-17-13-6-1-2-7-15(13)20-18(16-8-4-10-22-16)14(17)11-12-5-3-9-21-12/h1-11,18H/b14-11+/t18-/m0/s1. The molecular weight excluding hydrogens is 312 g/mol. The summed E-state index contributed by atoms with van der Waals surface area (Å²) in [4.78, 5) is 15.0. The Morgan fingerprint density at radius 1 is 0.955 bits per heavy atom. The van der Waals surface area contributed by atoms with Crippen molar-refractivity contribution in [3.05, 3.63) is 80.2 Å². The summed E-state index contributed by atoms with van der Waals surface area (Å²) < 4.78 is 6.13. The third-order valence-corrected chi connectivity index (χ3v) is 5.30. The molecule has 0 N–H and O–H groups in total. The van der Waals surface area contributed by atoms with Crippen LogP contribution in [0.1, 0.15) is 26.2 Å². The molecule has 0 amide bonds. The van der Waals surface area contributed by atoms with Crippen molar-refractivity contribution >= 4 is 34.5 Å². The number of thiophene rings is 2. The monoisotopic (exact) mass is 324 g/mol. The van der Waals surface area contributed by atoms with Crippen LogP contribution >= 0.6 is 22.7 Å². The molecule has 108 valence electrons. The van der Waals surface area contributed by atoms with Gasteiger partial charge in [0.25, 0.3) is 0 Å². The number of para-hydroxylation sites is 1. The number of Topliss-reactive ketones (excluding diaryl/α,β-unsaturated/α-hetero) is 1. The molecule has 0 fully saturated rings. The number of rotatable bonds is 2. The zero-order chi connectivity index (χ0) is 14.9. The molecule has 2 aromatic heterocycles. The molecule has 1 aliphatic heterocycles. The highest BCUT2D eigenvalue weighted by Crippen LogP contribution is 2.40. The Hall–Kier alpha value is -2.17. The topological polar surface area (TPSA) is 26.3 Å². The van der Waals surface area contributed by atoms with Gasteiger partial charge in [0.2, 0.25) is 0 Å². The van der Waals surface area contributed by atoms with E-state index < -0.39 is 0 Å². The Labute approximate surface area is 136 Å². The first kappa shape index (κ1) is 13.5. The van der Waals surface area contributed by atoms with Crippen LogP contribution in [0.3, 0.4) is 0 Å². The number of carbonyl (C=O) groups is 1. The van der Waals surface area contributed by atoms with Gasteiger partial charge in [-0.2, -0.15) is 0 Å². The second kappa shape index (κ2) is 5.55. The largest absolute Gasteiger partial charge is 0.479 e. The van der Waals surface area contributed by atoms with Gasteiger partial charge in [0.15, 0.2) is 11.9 Å². The van der Waals surface area contributed by atoms with Crippen LogP contribution in [0.5, 0.6) is 5.75 Å². The van der Waals surface area contributed by atoms with Crippen molar-refractivity contribution < 1.29 is 9.53 Å². The van der Waals surface area contributed by atoms with Gasteiger partial charge in [-0.25, -0.2) is 0 Å². The van der Waals surface area contributed by atoms with Crippen molar-refractivity contribution in [1.29, 1.82) is 0 Å². The van der Waals surface area contributed by atoms with Crippen molar-refractivity contribution in [2.75, 3.05) is 0 Å². The van der Waals surface area contributed by atoms with Gasteiger partial charge in [-0.1, -0.05) is 24.3 Å². The molecule has 0 saturated carbocycles. The summed E-state index contributed by atoms with van der Waals surface area (Å²) in [5, 5.41) is 4.01. The second-order valence-corrected chi connectivity index (χ2v) is 6.91. The first-order chi connectivity index (χ1) is 10.8. The van der Waals surface area contributed by atoms with Gasteiger partial charge in [0, 0.05) is 15.3 Å². The first-order valence-corrected chi connectivity index (χ1v) is 8.68. The van der Waals surface area contributed by atoms with E-state index in [-0.39, 0.29) is 11.9 Å². The minimum atomic E-state index is -0.329. The second-order valence-electron chi connectivity index (χ2n) is 4.95. The fraction of sp³-hybridized carbons (Fsp3) is 0.0556. The Bertz CT molecular complexity index is 830. The maximum Gasteiger partial charge on any atom is 0.196 e. The lowest BCUT2D eigenvalue weighted by atomic mass is 9.93. The van der Waals surface area contributed by atoms with Gasteiger partial charge in [-0.05, 0) is 41.1 Å². The maximum absolute atomic E-state index is 12.9. The Morgan fingerprint density at radius 2 is 1.77 bits per heavy atom. The zero-order valence-electron chi connectivity index (χ0n) is 11.6. The summed E-state index contributed by atoms with van der Waals surface area (Å²) in [6, 6.07) is 15.4. The van der Waals surface area contributed by atoms with Crippen LogP contribution in [0.15, 0.2) is 64.9 Å². The third kappa shape index (κ3) is 2.30. The molecule has 3 aromatic rings. The molecule has 0 bridgehead atoms. The summed E-state index contributed by atoms with van der Waals surface area (Å²) in [6.07, 6.45) is 1.62. The smallest absolute Gasteiger partial charge is 0.196 e. The molecule has 4 rings (SSSR count). The van der Waals surface area contributed by atoms with Crippen LogP contribution < -0.4 is 4.74 Å². The average molecular weight is 324 g/mol. The Balaban J connectivity index is 1.87. The van der Waals surface area contributed by atoms with E-state index in [0.717, 1.165) is 9.75 Å². The van der Waals surface area contributed by atoms with Gasteiger partial charge in [-0.15, -0.1) is 22.7 Å². The lowest BCUT2D eigenvalue weighted by Gasteiger charge is -2.27. The van der Waals surface area contributed by atoms with E-state index in [1.807, 2.05) is 65.4 Å². The summed E-state index contributed by atoms with van der Waals surface area (Å²) in [7, 11) is 0. The number of ether oxygens (including phenoxy) is 1. The van der Waals surface area contributed by atoms with E-state index in [1.165, 1.54) is 0 Å². The zero-order valence-corrected chi connectivity index (χ0v) is 13.2. The first-order valence-electron chi connectivity index (χ1n) is 6.92. The van der Waals surface area contributed by atoms with Gasteiger partial charge >= 0.3 is 0 Å². The summed E-state index contributed by atoms with van der Waals surface area (Å²) >= 11 is 3.23. The SMILES string of the molecule is O=C1/C(=C\c2cccs2)[C@@H](c2cccs2)Oc2ccccc21. The van der Waals surface area contributed by atoms with E-state index in [0.29, 0.717) is 16.9 Å². The molecule has 0 saturated heterocycles. The van der Waals surface area contributed by atoms with Crippen molar-refractivity contribution in [3.8, 4) is 5.75 Å². The molecule has 3 heterocycles. The van der Waals surface area contributed by atoms with Gasteiger partial charge < -0.3 is 4.74 Å². The molecule has 1 atom stereocenters. The van der Waals surface area contributed by atoms with Crippen molar-refractivity contribution in [2.45, 2.75) is 6.10 Å². The predicted molar refractivity (Wildman–Crippen MR) is 90.8 cm³/mol. The highest BCUT2D eigenvalue weighted by Gasteiger charge is 2.33. The van der Waals surface area contributed by atoms with Gasteiger partial charge in [-0.3, -0.25) is 4.79 Å². The van der Waals surface area contributed by atoms with Crippen LogP contribution in [0.2, 0.25) is 0 Å². The van der Waals surface area contributed by atoms with Crippen molar-refractivity contribution in [2.24, 2.45) is 0 Å². The van der Waals surface area contributed by atoms with Crippen molar-refractivity contribution in [1.82, 2.24) is 0 Å². The predicted octanol–water partition coefficient (Wildman–Crippen LogP) is 5.21. The van der Waals surface area contributed by atoms with Crippen LogP contribution in [-0.4, -0.2) is 5.78 Å². The molecule has 4 heteroatoms. The number of carbonyl (C=O) groups excluding carboxylic acids is 1. The van der Waals surface area contributed by atoms with Gasteiger partial charge in [0.1, 0.15) is 5.75 Å². The molecule has 0 unspecified atom stereocenters. The van der Waals surface area contributed by atoms with Crippen molar-refractivity contribution in [3.63, 3.8) is 0 Å². The van der Waals surface area contributed by atoms with E-state index >= 15 is 0 Å². The van der Waals surface area contributed by atoms with Gasteiger partial charge in [0.05, 0.1) is 5.56 Å². The van der Waals surface area contributed by atoms with E-state index in [4.69, 9.17) is 4.74 Å². The van der Waals surface area contributed by atoms with E-state index in [1.54, 1.807) is 22.7 Å². The number of ketones is 1. The number of fused-ring (bicyclic) bond motifs is 1. The Kier molecular flexibility index (Phi) is 3.41. The highest BCUT2D eigenvalue weighted by atomic mass is 32.1. The third-order valence-electron chi connectivity index (χ3n) is 3.56. The summed E-state index contributed by atoms with van der Waals surface area (Å²) in [5.74, 6) is 0.711. The molecule has 0 radical (unpaired) electrons. The van der Waals surface area contributed by atoms with Crippen LogP contribution in [0, 0.1) is 0 Å². The minimum Gasteiger partial charge on any atom is -0.479 e. The van der Waals surface area contributed by atoms with Crippen LogP contribution in [0.4, 0.5) is 0 Å². The molecule has 0 aliphatic carbocycles. The molecule has 1 aromatic carbocycles.